The standard InChI is InChI=1S/C13H17IO3/c14-17-12-9-6-5-8-11(12)7-3-1-2-4-10-13(15)16/h5-6,8-9H,1-4,7,10H2,(H,15,16). The molecule has 1 aromatic rings. The number of hydrogen-bond acceptors (Lipinski definition) is 2. The van der Waals surface area contributed by atoms with Gasteiger partial charge in [0.2, 0.25) is 0 Å². The first-order valence-corrected chi connectivity index (χ1v) is 6.70. The Kier molecular flexibility index (Phi) is 7.00. The lowest BCUT2D eigenvalue weighted by Crippen LogP contribution is -1.94. The number of carbonyl (C=O) groups is 1. The molecule has 0 saturated heterocycles. The van der Waals surface area contributed by atoms with Gasteiger partial charge >= 0.3 is 5.97 Å². The predicted octanol–water partition coefficient (Wildman–Crippen LogP) is 3.99. The first kappa shape index (κ1) is 14.3. The van der Waals surface area contributed by atoms with E-state index in [9.17, 15) is 4.79 Å². The van der Waals surface area contributed by atoms with E-state index in [2.05, 4.69) is 6.07 Å². The van der Waals surface area contributed by atoms with Gasteiger partial charge in [0.15, 0.2) is 23.0 Å². The van der Waals surface area contributed by atoms with Crippen molar-refractivity contribution in [1.29, 1.82) is 0 Å². The highest BCUT2D eigenvalue weighted by Crippen LogP contribution is 2.22. The van der Waals surface area contributed by atoms with Gasteiger partial charge in [-0.25, -0.2) is 0 Å². The highest BCUT2D eigenvalue weighted by Gasteiger charge is 2.02. The molecule has 0 amide bonds. The number of para-hydroxylation sites is 1. The van der Waals surface area contributed by atoms with Gasteiger partial charge in [-0.1, -0.05) is 31.0 Å². The molecule has 0 spiro atoms. The first-order valence-electron chi connectivity index (χ1n) is 5.82. The van der Waals surface area contributed by atoms with E-state index in [0.717, 1.165) is 37.9 Å². The number of carboxylic acid groups (broad SMARTS) is 1. The minimum absolute atomic E-state index is 0.285. The number of halogens is 1. The third-order valence-electron chi connectivity index (χ3n) is 2.64. The molecule has 4 heteroatoms. The van der Waals surface area contributed by atoms with Crippen LogP contribution in [0.2, 0.25) is 0 Å². The zero-order chi connectivity index (χ0) is 12.5. The van der Waals surface area contributed by atoms with E-state index in [1.807, 2.05) is 41.2 Å². The van der Waals surface area contributed by atoms with Gasteiger partial charge in [-0.05, 0) is 30.9 Å². The van der Waals surface area contributed by atoms with E-state index in [4.69, 9.17) is 8.17 Å². The van der Waals surface area contributed by atoms with Gasteiger partial charge in [0, 0.05) is 6.42 Å². The molecule has 0 radical (unpaired) electrons. The van der Waals surface area contributed by atoms with E-state index in [1.165, 1.54) is 5.56 Å². The van der Waals surface area contributed by atoms with Crippen LogP contribution in [0.25, 0.3) is 0 Å². The third kappa shape index (κ3) is 5.91. The Labute approximate surface area is 116 Å². The van der Waals surface area contributed by atoms with Crippen LogP contribution < -0.4 is 3.07 Å². The third-order valence-corrected chi connectivity index (χ3v) is 3.12. The molecule has 1 N–H and O–H groups in total. The van der Waals surface area contributed by atoms with E-state index in [1.54, 1.807) is 0 Å². The summed E-state index contributed by atoms with van der Waals surface area (Å²) in [5.74, 6) is 0.229. The normalized spacial score (nSPS) is 10.2. The van der Waals surface area contributed by atoms with Crippen LogP contribution in [0.1, 0.15) is 37.7 Å². The highest BCUT2D eigenvalue weighted by molar-refractivity contribution is 14.1. The second-order valence-corrected chi connectivity index (χ2v) is 4.43. The Morgan fingerprint density at radius 3 is 2.59 bits per heavy atom. The Bertz CT molecular complexity index is 352. The number of aryl methyl sites for hydroxylation is 1. The fourth-order valence-electron chi connectivity index (χ4n) is 1.73. The number of carboxylic acids is 1. The fraction of sp³-hybridized carbons (Fsp3) is 0.462. The van der Waals surface area contributed by atoms with Crippen molar-refractivity contribution in [3.05, 3.63) is 29.8 Å². The highest BCUT2D eigenvalue weighted by atomic mass is 127. The maximum Gasteiger partial charge on any atom is 0.303 e. The van der Waals surface area contributed by atoms with E-state index in [0.29, 0.717) is 0 Å². The van der Waals surface area contributed by atoms with Crippen molar-refractivity contribution in [2.75, 3.05) is 0 Å². The van der Waals surface area contributed by atoms with Gasteiger partial charge in [-0.2, -0.15) is 0 Å². The summed E-state index contributed by atoms with van der Waals surface area (Å²) in [6.07, 6.45) is 5.19. The van der Waals surface area contributed by atoms with Gasteiger partial charge < -0.3 is 8.17 Å². The number of rotatable bonds is 8. The molecule has 0 saturated carbocycles. The van der Waals surface area contributed by atoms with Crippen molar-refractivity contribution >= 4 is 29.0 Å². The summed E-state index contributed by atoms with van der Waals surface area (Å²) >= 11 is 1.90. The quantitative estimate of drug-likeness (QED) is 0.571. The molecule has 3 nitrogen and oxygen atoms in total. The van der Waals surface area contributed by atoms with Crippen LogP contribution in [-0.2, 0) is 11.2 Å². The summed E-state index contributed by atoms with van der Waals surface area (Å²) < 4.78 is 5.25. The number of aliphatic carboxylic acids is 1. The molecule has 0 unspecified atom stereocenters. The number of benzene rings is 1. The topological polar surface area (TPSA) is 46.5 Å². The summed E-state index contributed by atoms with van der Waals surface area (Å²) in [4.78, 5) is 10.3. The van der Waals surface area contributed by atoms with Crippen molar-refractivity contribution in [1.82, 2.24) is 0 Å². The lowest BCUT2D eigenvalue weighted by molar-refractivity contribution is -0.137. The Balaban J connectivity index is 2.19. The monoisotopic (exact) mass is 348 g/mol. The zero-order valence-electron chi connectivity index (χ0n) is 9.69. The number of unbranched alkanes of at least 4 members (excludes halogenated alkanes) is 3. The summed E-state index contributed by atoms with van der Waals surface area (Å²) in [5, 5.41) is 8.50. The Hall–Kier alpha value is -0.780. The van der Waals surface area contributed by atoms with Crippen molar-refractivity contribution in [3.8, 4) is 5.75 Å². The SMILES string of the molecule is O=C(O)CCCCCCc1ccccc1OI. The van der Waals surface area contributed by atoms with Crippen LogP contribution in [0.5, 0.6) is 5.75 Å². The number of hydrogen-bond donors (Lipinski definition) is 1. The van der Waals surface area contributed by atoms with Gasteiger partial charge in [0.25, 0.3) is 0 Å². The Morgan fingerprint density at radius 2 is 1.88 bits per heavy atom. The van der Waals surface area contributed by atoms with Gasteiger partial charge in [-0.15, -0.1) is 0 Å². The van der Waals surface area contributed by atoms with E-state index in [-0.39, 0.29) is 6.42 Å². The average molecular weight is 348 g/mol. The summed E-state index contributed by atoms with van der Waals surface area (Å²) in [5.41, 5.74) is 1.22. The average Bonchev–Trinajstić information content (AvgIpc) is 2.33. The lowest BCUT2D eigenvalue weighted by atomic mass is 10.0. The summed E-state index contributed by atoms with van der Waals surface area (Å²) in [6, 6.07) is 8.01. The van der Waals surface area contributed by atoms with E-state index >= 15 is 0 Å². The second-order valence-electron chi connectivity index (χ2n) is 3.99. The van der Waals surface area contributed by atoms with E-state index < -0.39 is 5.97 Å². The molecular weight excluding hydrogens is 331 g/mol. The smallest absolute Gasteiger partial charge is 0.303 e. The molecule has 0 aromatic heterocycles. The molecule has 0 fully saturated rings. The largest absolute Gasteiger partial charge is 0.481 e. The lowest BCUT2D eigenvalue weighted by Gasteiger charge is -2.06. The summed E-state index contributed by atoms with van der Waals surface area (Å²) in [7, 11) is 0. The van der Waals surface area contributed by atoms with Crippen LogP contribution in [0.4, 0.5) is 0 Å². The molecule has 17 heavy (non-hydrogen) atoms. The van der Waals surface area contributed by atoms with Crippen molar-refractivity contribution in [2.24, 2.45) is 0 Å². The predicted molar refractivity (Wildman–Crippen MR) is 75.5 cm³/mol. The van der Waals surface area contributed by atoms with Gasteiger partial charge in [0.05, 0.1) is 0 Å². The Morgan fingerprint density at radius 1 is 1.18 bits per heavy atom. The molecule has 94 valence electrons. The van der Waals surface area contributed by atoms with Gasteiger partial charge in [-0.3, -0.25) is 4.79 Å². The molecule has 0 heterocycles. The molecule has 1 rings (SSSR count). The molecule has 0 bridgehead atoms. The molecule has 0 aliphatic heterocycles. The first-order chi connectivity index (χ1) is 8.24. The van der Waals surface area contributed by atoms with Crippen LogP contribution in [0.15, 0.2) is 24.3 Å². The fourth-order valence-corrected chi connectivity index (χ4v) is 2.16. The van der Waals surface area contributed by atoms with Crippen LogP contribution in [0.3, 0.4) is 0 Å². The maximum atomic E-state index is 10.3. The minimum Gasteiger partial charge on any atom is -0.481 e. The molecule has 0 aliphatic rings. The molecule has 1 aromatic carbocycles. The molecular formula is C13H17IO3. The van der Waals surface area contributed by atoms with Crippen LogP contribution >= 0.6 is 23.0 Å². The van der Waals surface area contributed by atoms with Crippen LogP contribution in [0, 0.1) is 0 Å². The van der Waals surface area contributed by atoms with Crippen molar-refractivity contribution in [3.63, 3.8) is 0 Å². The zero-order valence-corrected chi connectivity index (χ0v) is 11.9. The molecule has 0 aliphatic carbocycles. The minimum atomic E-state index is -0.700. The second kappa shape index (κ2) is 8.33. The maximum absolute atomic E-state index is 10.3. The molecule has 0 atom stereocenters. The van der Waals surface area contributed by atoms with Crippen molar-refractivity contribution in [2.45, 2.75) is 38.5 Å². The van der Waals surface area contributed by atoms with Crippen LogP contribution in [-0.4, -0.2) is 11.1 Å². The van der Waals surface area contributed by atoms with Gasteiger partial charge in [0.1, 0.15) is 5.75 Å². The van der Waals surface area contributed by atoms with Crippen molar-refractivity contribution < 1.29 is 13.0 Å². The summed E-state index contributed by atoms with van der Waals surface area (Å²) in [6.45, 7) is 0.